The minimum Gasteiger partial charge on any atom is -0.481 e. The molecule has 2 N–H and O–H groups in total. The number of carboxylic acids is 1. The van der Waals surface area contributed by atoms with Gasteiger partial charge in [0.2, 0.25) is 0 Å². The fourth-order valence-electron chi connectivity index (χ4n) is 3.49. The van der Waals surface area contributed by atoms with Gasteiger partial charge in [-0.2, -0.15) is 0 Å². The first-order valence-electron chi connectivity index (χ1n) is 10.9. The molecule has 2 aromatic rings. The van der Waals surface area contributed by atoms with Crippen molar-refractivity contribution in [3.8, 4) is 0 Å². The Labute approximate surface area is 172 Å². The zero-order valence-electron chi connectivity index (χ0n) is 17.5. The highest BCUT2D eigenvalue weighted by Crippen LogP contribution is 2.27. The van der Waals surface area contributed by atoms with Crippen LogP contribution in [0, 0.1) is 6.92 Å². The van der Waals surface area contributed by atoms with Crippen molar-refractivity contribution in [1.29, 1.82) is 0 Å². The maximum Gasteiger partial charge on any atom is 0.304 e. The second-order valence-electron chi connectivity index (χ2n) is 7.62. The lowest BCUT2D eigenvalue weighted by molar-refractivity contribution is -0.136. The second-order valence-corrected chi connectivity index (χ2v) is 8.72. The van der Waals surface area contributed by atoms with Gasteiger partial charge in [0.1, 0.15) is 0 Å². The molecule has 6 nitrogen and oxygen atoms in total. The third kappa shape index (κ3) is 7.49. The molecule has 0 saturated carbocycles. The van der Waals surface area contributed by atoms with Gasteiger partial charge >= 0.3 is 5.97 Å². The van der Waals surface area contributed by atoms with Crippen molar-refractivity contribution in [3.05, 3.63) is 11.5 Å². The summed E-state index contributed by atoms with van der Waals surface area (Å²) < 4.78 is 1.97. The fraction of sp³-hybridized carbons (Fsp3) is 0.762. The van der Waals surface area contributed by atoms with Crippen molar-refractivity contribution in [1.82, 2.24) is 19.8 Å². The van der Waals surface area contributed by atoms with Crippen molar-refractivity contribution in [2.45, 2.75) is 102 Å². The molecule has 0 bridgehead atoms. The molecule has 2 heterocycles. The summed E-state index contributed by atoms with van der Waals surface area (Å²) in [5.41, 5.74) is 1.85. The monoisotopic (exact) mass is 408 g/mol. The highest BCUT2D eigenvalue weighted by molar-refractivity contribution is 7.99. The first-order chi connectivity index (χ1) is 13.6. The van der Waals surface area contributed by atoms with Gasteiger partial charge < -0.3 is 5.11 Å². The Morgan fingerprint density at radius 3 is 2.21 bits per heavy atom. The van der Waals surface area contributed by atoms with E-state index in [-0.39, 0.29) is 6.42 Å². The Hall–Kier alpha value is -1.50. The number of fused-ring (bicyclic) bond motifs is 1. The number of H-pyrrole nitrogens is 1. The van der Waals surface area contributed by atoms with Crippen LogP contribution in [0.5, 0.6) is 0 Å². The van der Waals surface area contributed by atoms with E-state index in [2.05, 4.69) is 22.2 Å². The average molecular weight is 409 g/mol. The topological polar surface area (TPSA) is 83.3 Å². The third-order valence-corrected chi connectivity index (χ3v) is 6.31. The number of aryl methyl sites for hydroxylation is 2. The summed E-state index contributed by atoms with van der Waals surface area (Å²) in [7, 11) is 0. The normalized spacial score (nSPS) is 11.5. The molecule has 28 heavy (non-hydrogen) atoms. The van der Waals surface area contributed by atoms with Crippen LogP contribution in [-0.4, -0.2) is 36.6 Å². The molecule has 2 aromatic heterocycles. The molecule has 158 valence electrons. The highest BCUT2D eigenvalue weighted by atomic mass is 32.2. The lowest BCUT2D eigenvalue weighted by atomic mass is 10.1. The number of aromatic amines is 1. The van der Waals surface area contributed by atoms with Gasteiger partial charge in [0, 0.05) is 17.9 Å². The maximum atomic E-state index is 10.7. The van der Waals surface area contributed by atoms with Gasteiger partial charge in [0.15, 0.2) is 11.5 Å². The molecule has 0 fully saturated rings. The molecular weight excluding hydrogens is 372 g/mol. The van der Waals surface area contributed by atoms with E-state index in [0.717, 1.165) is 34.9 Å². The van der Waals surface area contributed by atoms with E-state index in [4.69, 9.17) is 5.11 Å². The molecule has 0 radical (unpaired) electrons. The number of carbonyl (C=O) groups is 1. The summed E-state index contributed by atoms with van der Waals surface area (Å²) in [6.45, 7) is 4.27. The molecule has 0 saturated heterocycles. The van der Waals surface area contributed by atoms with Crippen LogP contribution in [0.1, 0.15) is 95.5 Å². The summed E-state index contributed by atoms with van der Waals surface area (Å²) in [4.78, 5) is 11.7. The molecule has 7 heteroatoms. The molecular formula is C21H36N4O2S. The van der Waals surface area contributed by atoms with Crippen molar-refractivity contribution in [2.24, 2.45) is 0 Å². The summed E-state index contributed by atoms with van der Waals surface area (Å²) in [5.74, 6) is 0.749. The third-order valence-electron chi connectivity index (χ3n) is 5.12. The molecule has 0 amide bonds. The summed E-state index contributed by atoms with van der Waals surface area (Å²) in [5, 5.41) is 20.8. The number of nitrogens with zero attached hydrogens (tertiary/aromatic N) is 3. The van der Waals surface area contributed by atoms with Crippen molar-refractivity contribution >= 4 is 23.4 Å². The van der Waals surface area contributed by atoms with E-state index >= 15 is 0 Å². The second kappa shape index (κ2) is 12.9. The predicted octanol–water partition coefficient (Wildman–Crippen LogP) is 5.79. The van der Waals surface area contributed by atoms with E-state index in [1.54, 1.807) is 0 Å². The highest BCUT2D eigenvalue weighted by Gasteiger charge is 2.15. The van der Waals surface area contributed by atoms with Gasteiger partial charge in [-0.1, -0.05) is 71.1 Å². The van der Waals surface area contributed by atoms with Crippen molar-refractivity contribution < 1.29 is 9.90 Å². The van der Waals surface area contributed by atoms with E-state index in [9.17, 15) is 4.79 Å². The zero-order valence-corrected chi connectivity index (χ0v) is 18.3. The number of hydrogen-bond acceptors (Lipinski definition) is 4. The number of nitrogens with one attached hydrogen (secondary N) is 1. The van der Waals surface area contributed by atoms with Crippen molar-refractivity contribution in [3.63, 3.8) is 0 Å². The van der Waals surface area contributed by atoms with Crippen LogP contribution < -0.4 is 0 Å². The molecule has 0 spiro atoms. The van der Waals surface area contributed by atoms with Gasteiger partial charge in [-0.25, -0.2) is 4.52 Å². The quantitative estimate of drug-likeness (QED) is 0.271. The molecule has 0 aromatic carbocycles. The smallest absolute Gasteiger partial charge is 0.304 e. The molecule has 0 unspecified atom stereocenters. The summed E-state index contributed by atoms with van der Waals surface area (Å²) in [6.07, 6.45) is 15.8. The van der Waals surface area contributed by atoms with Gasteiger partial charge in [0.25, 0.3) is 0 Å². The van der Waals surface area contributed by atoms with Crippen LogP contribution in [0.2, 0.25) is 0 Å². The number of rotatable bonds is 16. The summed E-state index contributed by atoms with van der Waals surface area (Å²) >= 11 is 1.53. The standard InChI is InChI=1S/C21H36N4O2S/c1-3-4-5-6-7-8-9-10-11-12-13-14-18-22-23-21-20(17(2)24-25(18)21)28-16-15-19(26)27/h24H,3-16H2,1-2H3,(H,26,27). The van der Waals surface area contributed by atoms with Gasteiger partial charge in [-0.3, -0.25) is 9.89 Å². The Kier molecular flexibility index (Phi) is 10.5. The molecule has 0 aliphatic carbocycles. The SMILES string of the molecule is CCCCCCCCCCCCCc1nnc2c(SCCC(=O)O)c(C)[nH]n12. The van der Waals surface area contributed by atoms with Crippen LogP contribution in [0.4, 0.5) is 0 Å². The number of aliphatic carboxylic acids is 1. The van der Waals surface area contributed by atoms with Crippen LogP contribution in [0.15, 0.2) is 4.90 Å². The van der Waals surface area contributed by atoms with E-state index in [0.29, 0.717) is 5.75 Å². The first-order valence-corrected chi connectivity index (χ1v) is 11.9. The zero-order chi connectivity index (χ0) is 20.2. The minimum absolute atomic E-state index is 0.154. The van der Waals surface area contributed by atoms with E-state index < -0.39 is 5.97 Å². The van der Waals surface area contributed by atoms with Crippen LogP contribution >= 0.6 is 11.8 Å². The average Bonchev–Trinajstić information content (AvgIpc) is 3.19. The van der Waals surface area contributed by atoms with Crippen LogP contribution in [0.25, 0.3) is 5.65 Å². The largest absolute Gasteiger partial charge is 0.481 e. The van der Waals surface area contributed by atoms with Crippen molar-refractivity contribution in [2.75, 3.05) is 5.75 Å². The Balaban J connectivity index is 1.64. The van der Waals surface area contributed by atoms with Crippen LogP contribution in [0.3, 0.4) is 0 Å². The minimum atomic E-state index is -0.768. The van der Waals surface area contributed by atoms with E-state index in [1.165, 1.54) is 76.0 Å². The Morgan fingerprint density at radius 2 is 1.61 bits per heavy atom. The number of carboxylic acid groups (broad SMARTS) is 1. The first kappa shape index (κ1) is 22.8. The number of aromatic nitrogens is 4. The molecule has 0 aliphatic rings. The number of thioether (sulfide) groups is 1. The molecule has 0 aliphatic heterocycles. The van der Waals surface area contributed by atoms with Crippen LogP contribution in [-0.2, 0) is 11.2 Å². The fourth-order valence-corrected chi connectivity index (χ4v) is 4.49. The maximum absolute atomic E-state index is 10.7. The Bertz CT molecular complexity index is 711. The van der Waals surface area contributed by atoms with Gasteiger partial charge in [0.05, 0.1) is 11.3 Å². The van der Waals surface area contributed by atoms with Gasteiger partial charge in [-0.15, -0.1) is 22.0 Å². The van der Waals surface area contributed by atoms with E-state index in [1.807, 2.05) is 11.4 Å². The predicted molar refractivity (Wildman–Crippen MR) is 115 cm³/mol. The molecule has 0 atom stereocenters. The summed E-state index contributed by atoms with van der Waals surface area (Å²) in [6, 6.07) is 0. The lowest BCUT2D eigenvalue weighted by Crippen LogP contribution is -1.96. The number of hydrogen-bond donors (Lipinski definition) is 2. The molecule has 2 rings (SSSR count). The van der Waals surface area contributed by atoms with Gasteiger partial charge in [-0.05, 0) is 13.3 Å². The number of unbranched alkanes of at least 4 members (excludes halogenated alkanes) is 10. The lowest BCUT2D eigenvalue weighted by Gasteiger charge is -2.02. The Morgan fingerprint density at radius 1 is 1.00 bits per heavy atom.